The minimum atomic E-state index is 0. The Hall–Kier alpha value is -0.280. The quantitative estimate of drug-likeness (QED) is 0.807. The zero-order valence-electron chi connectivity index (χ0n) is 12.5. The molecule has 1 spiro atoms. The van der Waals surface area contributed by atoms with Gasteiger partial charge in [0.05, 0.1) is 5.92 Å². The summed E-state index contributed by atoms with van der Waals surface area (Å²) in [6, 6.07) is 0. The second-order valence-electron chi connectivity index (χ2n) is 6.93. The molecule has 2 aliphatic heterocycles. The second-order valence-corrected chi connectivity index (χ2v) is 6.93. The van der Waals surface area contributed by atoms with Crippen LogP contribution in [0.25, 0.3) is 0 Å². The van der Waals surface area contributed by atoms with Gasteiger partial charge in [-0.3, -0.25) is 4.79 Å². The molecule has 2 saturated heterocycles. The molecular formula is C16H29ClN2O. The van der Waals surface area contributed by atoms with Gasteiger partial charge in [0, 0.05) is 19.6 Å². The van der Waals surface area contributed by atoms with Crippen molar-refractivity contribution < 1.29 is 4.79 Å². The van der Waals surface area contributed by atoms with Crippen LogP contribution in [0.1, 0.15) is 57.8 Å². The van der Waals surface area contributed by atoms with Gasteiger partial charge in [-0.25, -0.2) is 0 Å². The summed E-state index contributed by atoms with van der Waals surface area (Å²) < 4.78 is 0. The highest BCUT2D eigenvalue weighted by molar-refractivity contribution is 5.85. The molecule has 3 fully saturated rings. The van der Waals surface area contributed by atoms with E-state index in [0.29, 0.717) is 11.3 Å². The van der Waals surface area contributed by atoms with Gasteiger partial charge in [0.15, 0.2) is 0 Å². The van der Waals surface area contributed by atoms with Crippen LogP contribution in [0.3, 0.4) is 0 Å². The first-order valence-corrected chi connectivity index (χ1v) is 8.29. The third kappa shape index (κ3) is 3.48. The predicted molar refractivity (Wildman–Crippen MR) is 84.2 cm³/mol. The van der Waals surface area contributed by atoms with Crippen molar-refractivity contribution in [2.45, 2.75) is 57.8 Å². The number of hydrogen-bond acceptors (Lipinski definition) is 2. The molecule has 3 rings (SSSR count). The fourth-order valence-corrected chi connectivity index (χ4v) is 4.32. The molecule has 3 nitrogen and oxygen atoms in total. The summed E-state index contributed by atoms with van der Waals surface area (Å²) in [5.74, 6) is 0.687. The predicted octanol–water partition coefficient (Wildman–Crippen LogP) is 2.98. The van der Waals surface area contributed by atoms with Crippen LogP contribution in [0.4, 0.5) is 0 Å². The van der Waals surface area contributed by atoms with Gasteiger partial charge >= 0.3 is 0 Å². The van der Waals surface area contributed by atoms with Crippen LogP contribution >= 0.6 is 12.4 Å². The lowest BCUT2D eigenvalue weighted by molar-refractivity contribution is -0.138. The van der Waals surface area contributed by atoms with E-state index in [1.165, 1.54) is 44.9 Å². The Kier molecular flexibility index (Phi) is 5.74. The number of nitrogens with zero attached hydrogens (tertiary/aromatic N) is 1. The third-order valence-corrected chi connectivity index (χ3v) is 5.70. The van der Waals surface area contributed by atoms with Crippen LogP contribution in [0.5, 0.6) is 0 Å². The second kappa shape index (κ2) is 7.13. The normalized spacial score (nSPS) is 29.8. The van der Waals surface area contributed by atoms with E-state index in [-0.39, 0.29) is 18.3 Å². The van der Waals surface area contributed by atoms with Crippen LogP contribution in [-0.4, -0.2) is 37.0 Å². The molecule has 1 amide bonds. The van der Waals surface area contributed by atoms with Gasteiger partial charge < -0.3 is 10.2 Å². The highest BCUT2D eigenvalue weighted by atomic mass is 35.5. The first-order chi connectivity index (χ1) is 9.29. The maximum absolute atomic E-state index is 12.5. The van der Waals surface area contributed by atoms with E-state index in [0.717, 1.165) is 39.0 Å². The van der Waals surface area contributed by atoms with E-state index in [1.807, 2.05) is 0 Å². The Morgan fingerprint density at radius 2 is 1.70 bits per heavy atom. The molecule has 1 unspecified atom stereocenters. The number of hydrogen-bond donors (Lipinski definition) is 1. The van der Waals surface area contributed by atoms with Crippen molar-refractivity contribution in [1.82, 2.24) is 10.2 Å². The summed E-state index contributed by atoms with van der Waals surface area (Å²) in [7, 11) is 0. The number of rotatable bonds is 1. The molecule has 1 atom stereocenters. The molecule has 116 valence electrons. The van der Waals surface area contributed by atoms with Gasteiger partial charge in [-0.15, -0.1) is 12.4 Å². The summed E-state index contributed by atoms with van der Waals surface area (Å²) >= 11 is 0. The molecule has 0 radical (unpaired) electrons. The highest BCUT2D eigenvalue weighted by Gasteiger charge is 2.37. The number of nitrogens with one attached hydrogen (secondary N) is 1. The smallest absolute Gasteiger partial charge is 0.226 e. The van der Waals surface area contributed by atoms with Crippen molar-refractivity contribution in [1.29, 1.82) is 0 Å². The maximum Gasteiger partial charge on any atom is 0.226 e. The lowest BCUT2D eigenvalue weighted by Gasteiger charge is -2.45. The Labute approximate surface area is 129 Å². The van der Waals surface area contributed by atoms with Crippen LogP contribution in [0.2, 0.25) is 0 Å². The van der Waals surface area contributed by atoms with E-state index >= 15 is 0 Å². The lowest BCUT2D eigenvalue weighted by atomic mass is 9.68. The molecular weight excluding hydrogens is 272 g/mol. The largest absolute Gasteiger partial charge is 0.342 e. The Morgan fingerprint density at radius 3 is 2.30 bits per heavy atom. The minimum Gasteiger partial charge on any atom is -0.342 e. The highest BCUT2D eigenvalue weighted by Crippen LogP contribution is 2.44. The number of amides is 1. The fourth-order valence-electron chi connectivity index (χ4n) is 4.32. The molecule has 20 heavy (non-hydrogen) atoms. The van der Waals surface area contributed by atoms with Gasteiger partial charge in [0.1, 0.15) is 0 Å². The molecule has 1 saturated carbocycles. The van der Waals surface area contributed by atoms with E-state index in [2.05, 4.69) is 10.2 Å². The number of carbonyl (C=O) groups is 1. The molecule has 3 aliphatic rings. The van der Waals surface area contributed by atoms with Crippen LogP contribution < -0.4 is 5.32 Å². The zero-order chi connectivity index (χ0) is 13.1. The van der Waals surface area contributed by atoms with Crippen LogP contribution in [-0.2, 0) is 4.79 Å². The fraction of sp³-hybridized carbons (Fsp3) is 0.938. The monoisotopic (exact) mass is 300 g/mol. The van der Waals surface area contributed by atoms with E-state index in [9.17, 15) is 4.79 Å². The first kappa shape index (κ1) is 16.1. The Balaban J connectivity index is 0.00000147. The lowest BCUT2D eigenvalue weighted by Crippen LogP contribution is -2.48. The standard InChI is InChI=1S/C16H28N2O.ClH/c19-15(14-5-4-10-17-13-14)18-11-8-16(9-12-18)6-2-1-3-7-16;/h14,17H,1-13H2;1H. The molecule has 0 aromatic carbocycles. The Morgan fingerprint density at radius 1 is 1.00 bits per heavy atom. The molecule has 4 heteroatoms. The van der Waals surface area contributed by atoms with Gasteiger partial charge in [-0.1, -0.05) is 19.3 Å². The van der Waals surface area contributed by atoms with Crippen molar-refractivity contribution in [3.05, 3.63) is 0 Å². The SMILES string of the molecule is Cl.O=C(C1CCCNC1)N1CCC2(CCCCC2)CC1. The number of likely N-dealkylation sites (tertiary alicyclic amines) is 1. The average Bonchev–Trinajstić information content (AvgIpc) is 2.49. The summed E-state index contributed by atoms with van der Waals surface area (Å²) in [6.07, 6.45) is 11.9. The van der Waals surface area contributed by atoms with Gasteiger partial charge in [0.2, 0.25) is 5.91 Å². The summed E-state index contributed by atoms with van der Waals surface area (Å²) in [6.45, 7) is 4.04. The third-order valence-electron chi connectivity index (χ3n) is 5.70. The average molecular weight is 301 g/mol. The van der Waals surface area contributed by atoms with Crippen molar-refractivity contribution in [3.63, 3.8) is 0 Å². The van der Waals surface area contributed by atoms with E-state index in [4.69, 9.17) is 0 Å². The van der Waals surface area contributed by atoms with Crippen molar-refractivity contribution in [3.8, 4) is 0 Å². The van der Waals surface area contributed by atoms with Gasteiger partial charge in [0.25, 0.3) is 0 Å². The van der Waals surface area contributed by atoms with Crippen molar-refractivity contribution >= 4 is 18.3 Å². The van der Waals surface area contributed by atoms with Gasteiger partial charge in [-0.2, -0.15) is 0 Å². The number of halogens is 1. The first-order valence-electron chi connectivity index (χ1n) is 8.29. The topological polar surface area (TPSA) is 32.3 Å². The zero-order valence-corrected chi connectivity index (χ0v) is 13.3. The molecule has 0 aromatic rings. The Bertz CT molecular complexity index is 312. The van der Waals surface area contributed by atoms with E-state index < -0.39 is 0 Å². The summed E-state index contributed by atoms with van der Waals surface area (Å²) in [5.41, 5.74) is 0.611. The van der Waals surface area contributed by atoms with Crippen LogP contribution in [0.15, 0.2) is 0 Å². The number of piperidine rings is 2. The van der Waals surface area contributed by atoms with Gasteiger partial charge in [-0.05, 0) is 50.5 Å². The number of carbonyl (C=O) groups excluding carboxylic acids is 1. The summed E-state index contributed by atoms with van der Waals surface area (Å²) in [4.78, 5) is 14.7. The maximum atomic E-state index is 12.5. The molecule has 2 heterocycles. The van der Waals surface area contributed by atoms with E-state index in [1.54, 1.807) is 0 Å². The van der Waals surface area contributed by atoms with Crippen molar-refractivity contribution in [2.75, 3.05) is 26.2 Å². The summed E-state index contributed by atoms with van der Waals surface area (Å²) in [5, 5.41) is 3.36. The molecule has 1 N–H and O–H groups in total. The van der Waals surface area contributed by atoms with Crippen LogP contribution in [0, 0.1) is 11.3 Å². The molecule has 1 aliphatic carbocycles. The van der Waals surface area contributed by atoms with Crippen molar-refractivity contribution in [2.24, 2.45) is 11.3 Å². The molecule has 0 aromatic heterocycles. The molecule has 0 bridgehead atoms. The minimum absolute atomic E-state index is 0.